The van der Waals surface area contributed by atoms with E-state index in [1.807, 2.05) is 20.8 Å². The SMILES string of the molecule is COC1CN(C(=O)OC(C)(C)C)CC1CO. The largest absolute Gasteiger partial charge is 0.444 e. The fraction of sp³-hybridized carbons (Fsp3) is 0.909. The highest BCUT2D eigenvalue weighted by molar-refractivity contribution is 5.68. The standard InChI is InChI=1S/C11H21NO4/c1-11(2,3)16-10(14)12-5-8(7-13)9(6-12)15-4/h8-9,13H,5-7H2,1-4H3. The maximum absolute atomic E-state index is 11.8. The fourth-order valence-corrected chi connectivity index (χ4v) is 1.76. The molecule has 2 atom stereocenters. The van der Waals surface area contributed by atoms with Gasteiger partial charge in [0.2, 0.25) is 0 Å². The number of methoxy groups -OCH3 is 1. The molecule has 1 fully saturated rings. The Morgan fingerprint density at radius 1 is 1.44 bits per heavy atom. The van der Waals surface area contributed by atoms with Gasteiger partial charge in [-0.2, -0.15) is 0 Å². The van der Waals surface area contributed by atoms with Crippen molar-refractivity contribution < 1.29 is 19.4 Å². The Morgan fingerprint density at radius 3 is 2.44 bits per heavy atom. The summed E-state index contributed by atoms with van der Waals surface area (Å²) in [5.74, 6) is -0.0162. The minimum absolute atomic E-state index is 0.0162. The number of nitrogens with zero attached hydrogens (tertiary/aromatic N) is 1. The Kier molecular flexibility index (Phi) is 4.15. The monoisotopic (exact) mass is 231 g/mol. The second kappa shape index (κ2) is 5.01. The zero-order valence-corrected chi connectivity index (χ0v) is 10.4. The van der Waals surface area contributed by atoms with Gasteiger partial charge in [0.25, 0.3) is 0 Å². The molecule has 5 nitrogen and oxygen atoms in total. The van der Waals surface area contributed by atoms with Crippen molar-refractivity contribution in [3.05, 3.63) is 0 Å². The van der Waals surface area contributed by atoms with Gasteiger partial charge in [-0.25, -0.2) is 4.79 Å². The Labute approximate surface area is 96.3 Å². The Bertz CT molecular complexity index is 237. The highest BCUT2D eigenvalue weighted by Gasteiger charge is 2.36. The summed E-state index contributed by atoms with van der Waals surface area (Å²) in [6.45, 7) is 6.49. The van der Waals surface area contributed by atoms with Crippen molar-refractivity contribution in [2.45, 2.75) is 32.5 Å². The molecule has 0 aromatic heterocycles. The van der Waals surface area contributed by atoms with Gasteiger partial charge in [-0.1, -0.05) is 0 Å². The van der Waals surface area contributed by atoms with Crippen LogP contribution in [0.1, 0.15) is 20.8 Å². The number of hydrogen-bond acceptors (Lipinski definition) is 4. The Morgan fingerprint density at radius 2 is 2.06 bits per heavy atom. The molecule has 0 spiro atoms. The van der Waals surface area contributed by atoms with E-state index in [2.05, 4.69) is 0 Å². The van der Waals surface area contributed by atoms with Gasteiger partial charge in [0.05, 0.1) is 19.3 Å². The molecule has 1 saturated heterocycles. The summed E-state index contributed by atoms with van der Waals surface area (Å²) in [7, 11) is 1.59. The average molecular weight is 231 g/mol. The van der Waals surface area contributed by atoms with E-state index in [4.69, 9.17) is 14.6 Å². The van der Waals surface area contributed by atoms with E-state index in [0.717, 1.165) is 0 Å². The lowest BCUT2D eigenvalue weighted by atomic mass is 10.1. The van der Waals surface area contributed by atoms with Crippen LogP contribution in [0.25, 0.3) is 0 Å². The number of amides is 1. The minimum atomic E-state index is -0.489. The van der Waals surface area contributed by atoms with Crippen LogP contribution in [0.3, 0.4) is 0 Å². The van der Waals surface area contributed by atoms with E-state index in [-0.39, 0.29) is 24.7 Å². The molecule has 0 radical (unpaired) electrons. The van der Waals surface area contributed by atoms with Gasteiger partial charge in [0.1, 0.15) is 5.60 Å². The number of hydrogen-bond donors (Lipinski definition) is 1. The summed E-state index contributed by atoms with van der Waals surface area (Å²) in [5, 5.41) is 9.14. The Hall–Kier alpha value is -0.810. The first-order valence-corrected chi connectivity index (χ1v) is 5.49. The maximum Gasteiger partial charge on any atom is 0.410 e. The van der Waals surface area contributed by atoms with E-state index in [0.29, 0.717) is 13.1 Å². The first-order valence-electron chi connectivity index (χ1n) is 5.49. The van der Waals surface area contributed by atoms with E-state index in [1.54, 1.807) is 12.0 Å². The summed E-state index contributed by atoms with van der Waals surface area (Å²) >= 11 is 0. The number of ether oxygens (including phenoxy) is 2. The predicted octanol–water partition coefficient (Wildman–Crippen LogP) is 0.861. The topological polar surface area (TPSA) is 59.0 Å². The van der Waals surface area contributed by atoms with Crippen molar-refractivity contribution in [3.63, 3.8) is 0 Å². The van der Waals surface area contributed by atoms with Crippen LogP contribution in [-0.4, -0.2) is 54.6 Å². The van der Waals surface area contributed by atoms with Crippen molar-refractivity contribution in [2.24, 2.45) is 5.92 Å². The Balaban J connectivity index is 2.54. The van der Waals surface area contributed by atoms with Gasteiger partial charge in [0, 0.05) is 19.6 Å². The molecule has 0 aromatic rings. The minimum Gasteiger partial charge on any atom is -0.444 e. The molecule has 0 saturated carbocycles. The molecule has 94 valence electrons. The van der Waals surface area contributed by atoms with E-state index in [1.165, 1.54) is 0 Å². The van der Waals surface area contributed by atoms with Gasteiger partial charge < -0.3 is 19.5 Å². The van der Waals surface area contributed by atoms with Gasteiger partial charge in [-0.05, 0) is 20.8 Å². The smallest absolute Gasteiger partial charge is 0.410 e. The molecule has 5 heteroatoms. The molecule has 1 rings (SSSR count). The lowest BCUT2D eigenvalue weighted by Gasteiger charge is -2.24. The first kappa shape index (κ1) is 13.3. The highest BCUT2D eigenvalue weighted by atomic mass is 16.6. The van der Waals surface area contributed by atoms with Crippen LogP contribution < -0.4 is 0 Å². The number of rotatable bonds is 2. The third-order valence-electron chi connectivity index (χ3n) is 2.57. The molecule has 1 heterocycles. The van der Waals surface area contributed by atoms with Crippen LogP contribution in [0.5, 0.6) is 0 Å². The fourth-order valence-electron chi connectivity index (χ4n) is 1.76. The van der Waals surface area contributed by atoms with Crippen LogP contribution in [0.15, 0.2) is 0 Å². The van der Waals surface area contributed by atoms with Gasteiger partial charge in [0.15, 0.2) is 0 Å². The number of aliphatic hydroxyl groups excluding tert-OH is 1. The molecule has 1 amide bonds. The highest BCUT2D eigenvalue weighted by Crippen LogP contribution is 2.21. The van der Waals surface area contributed by atoms with Crippen LogP contribution in [0.2, 0.25) is 0 Å². The maximum atomic E-state index is 11.8. The summed E-state index contributed by atoms with van der Waals surface area (Å²) in [6, 6.07) is 0. The number of carbonyl (C=O) groups excluding carboxylic acids is 1. The van der Waals surface area contributed by atoms with Crippen molar-refractivity contribution in [1.29, 1.82) is 0 Å². The second-order valence-corrected chi connectivity index (χ2v) is 5.10. The summed E-state index contributed by atoms with van der Waals surface area (Å²) in [4.78, 5) is 13.3. The summed E-state index contributed by atoms with van der Waals surface area (Å²) in [6.07, 6.45) is -0.442. The van der Waals surface area contributed by atoms with Crippen LogP contribution in [-0.2, 0) is 9.47 Å². The van der Waals surface area contributed by atoms with E-state index < -0.39 is 5.60 Å². The molecule has 16 heavy (non-hydrogen) atoms. The van der Waals surface area contributed by atoms with E-state index in [9.17, 15) is 4.79 Å². The van der Waals surface area contributed by atoms with Crippen LogP contribution >= 0.6 is 0 Å². The summed E-state index contributed by atoms with van der Waals surface area (Å²) < 4.78 is 10.5. The zero-order chi connectivity index (χ0) is 12.3. The molecule has 1 N–H and O–H groups in total. The molecule has 1 aliphatic rings. The van der Waals surface area contributed by atoms with Crippen molar-refractivity contribution >= 4 is 6.09 Å². The first-order chi connectivity index (χ1) is 7.37. The van der Waals surface area contributed by atoms with Crippen molar-refractivity contribution in [3.8, 4) is 0 Å². The molecule has 0 bridgehead atoms. The quantitative estimate of drug-likeness (QED) is 0.765. The third-order valence-corrected chi connectivity index (χ3v) is 2.57. The zero-order valence-electron chi connectivity index (χ0n) is 10.4. The number of likely N-dealkylation sites (tertiary alicyclic amines) is 1. The predicted molar refractivity (Wildman–Crippen MR) is 59.2 cm³/mol. The van der Waals surface area contributed by atoms with Gasteiger partial charge >= 0.3 is 6.09 Å². The normalized spacial score (nSPS) is 25.9. The molecule has 2 unspecified atom stereocenters. The molecule has 0 aromatic carbocycles. The number of aliphatic hydroxyl groups is 1. The van der Waals surface area contributed by atoms with Crippen molar-refractivity contribution in [2.75, 3.05) is 26.8 Å². The second-order valence-electron chi connectivity index (χ2n) is 5.10. The summed E-state index contributed by atoms with van der Waals surface area (Å²) in [5.41, 5.74) is -0.489. The third kappa shape index (κ3) is 3.35. The molecule has 0 aliphatic carbocycles. The molecular weight excluding hydrogens is 210 g/mol. The van der Waals surface area contributed by atoms with Gasteiger partial charge in [-0.3, -0.25) is 0 Å². The molecular formula is C11H21NO4. The van der Waals surface area contributed by atoms with Crippen LogP contribution in [0.4, 0.5) is 4.79 Å². The lowest BCUT2D eigenvalue weighted by molar-refractivity contribution is 0.0249. The van der Waals surface area contributed by atoms with Crippen LogP contribution in [0, 0.1) is 5.92 Å². The molecule has 1 aliphatic heterocycles. The van der Waals surface area contributed by atoms with Crippen molar-refractivity contribution in [1.82, 2.24) is 4.90 Å². The number of carbonyl (C=O) groups is 1. The lowest BCUT2D eigenvalue weighted by Crippen LogP contribution is -2.36. The average Bonchev–Trinajstić information content (AvgIpc) is 2.57. The van der Waals surface area contributed by atoms with E-state index >= 15 is 0 Å². The van der Waals surface area contributed by atoms with Gasteiger partial charge in [-0.15, -0.1) is 0 Å².